The lowest BCUT2D eigenvalue weighted by Gasteiger charge is -2.26. The van der Waals surface area contributed by atoms with Gasteiger partial charge in [-0.3, -0.25) is 0 Å². The van der Waals surface area contributed by atoms with Crippen molar-refractivity contribution in [1.82, 2.24) is 5.32 Å². The molecule has 3 nitrogen and oxygen atoms in total. The fourth-order valence-electron chi connectivity index (χ4n) is 3.13. The monoisotopic (exact) mass is 247 g/mol. The third-order valence-corrected chi connectivity index (χ3v) is 4.23. The molecule has 1 aliphatic carbocycles. The van der Waals surface area contributed by atoms with E-state index in [-0.39, 0.29) is 5.60 Å². The Kier molecular flexibility index (Phi) is 3.04. The topological polar surface area (TPSA) is 41.5 Å². The Morgan fingerprint density at radius 3 is 3.17 bits per heavy atom. The molecule has 1 fully saturated rings. The molecule has 2 atom stereocenters. The van der Waals surface area contributed by atoms with Gasteiger partial charge in [-0.25, -0.2) is 0 Å². The molecule has 0 radical (unpaired) electrons. The zero-order valence-electron chi connectivity index (χ0n) is 10.9. The number of rotatable bonds is 3. The molecule has 98 valence electrons. The van der Waals surface area contributed by atoms with Crippen LogP contribution in [0.25, 0.3) is 0 Å². The Balaban J connectivity index is 1.66. The summed E-state index contributed by atoms with van der Waals surface area (Å²) in [6.45, 7) is 4.00. The van der Waals surface area contributed by atoms with Crippen molar-refractivity contribution in [2.75, 3.05) is 13.2 Å². The normalized spacial score (nSPS) is 30.6. The number of fused-ring (bicyclic) bond motifs is 1. The number of benzene rings is 1. The minimum absolute atomic E-state index is 0.0136. The predicted molar refractivity (Wildman–Crippen MR) is 70.8 cm³/mol. The Labute approximate surface area is 108 Å². The highest BCUT2D eigenvalue weighted by molar-refractivity contribution is 5.40. The number of nitrogens with one attached hydrogen (secondary N) is 1. The van der Waals surface area contributed by atoms with Crippen LogP contribution < -0.4 is 5.32 Å². The van der Waals surface area contributed by atoms with Gasteiger partial charge in [0.25, 0.3) is 0 Å². The third-order valence-electron chi connectivity index (χ3n) is 4.23. The molecule has 3 heteroatoms. The molecule has 1 aromatic rings. The summed E-state index contributed by atoms with van der Waals surface area (Å²) in [6.07, 6.45) is 4.50. The molecule has 18 heavy (non-hydrogen) atoms. The molecule has 1 aliphatic heterocycles. The van der Waals surface area contributed by atoms with E-state index in [9.17, 15) is 5.11 Å². The van der Waals surface area contributed by atoms with Crippen molar-refractivity contribution in [2.45, 2.75) is 44.2 Å². The first-order chi connectivity index (χ1) is 8.66. The van der Waals surface area contributed by atoms with E-state index in [4.69, 9.17) is 4.74 Å². The maximum absolute atomic E-state index is 9.49. The molecule has 2 aliphatic rings. The largest absolute Gasteiger partial charge is 0.508 e. The summed E-state index contributed by atoms with van der Waals surface area (Å²) in [7, 11) is 0. The van der Waals surface area contributed by atoms with Crippen LogP contribution in [0, 0.1) is 0 Å². The number of phenols is 1. The van der Waals surface area contributed by atoms with Gasteiger partial charge in [0.1, 0.15) is 5.75 Å². The number of phenolic OH excluding ortho intramolecular Hbond substituents is 1. The van der Waals surface area contributed by atoms with Gasteiger partial charge >= 0.3 is 0 Å². The van der Waals surface area contributed by atoms with Crippen molar-refractivity contribution in [2.24, 2.45) is 0 Å². The number of aryl methyl sites for hydroxylation is 1. The molecule has 1 saturated heterocycles. The van der Waals surface area contributed by atoms with Gasteiger partial charge in [0, 0.05) is 19.2 Å². The number of hydrogen-bond acceptors (Lipinski definition) is 3. The van der Waals surface area contributed by atoms with Gasteiger partial charge in [0.15, 0.2) is 0 Å². The molecule has 2 N–H and O–H groups in total. The Morgan fingerprint density at radius 2 is 2.39 bits per heavy atom. The molecule has 0 spiro atoms. The van der Waals surface area contributed by atoms with Gasteiger partial charge in [0.05, 0.1) is 5.60 Å². The smallest absolute Gasteiger partial charge is 0.115 e. The van der Waals surface area contributed by atoms with E-state index in [0.29, 0.717) is 11.8 Å². The van der Waals surface area contributed by atoms with Crippen LogP contribution in [-0.2, 0) is 11.2 Å². The average Bonchev–Trinajstić information content (AvgIpc) is 2.93. The van der Waals surface area contributed by atoms with E-state index in [1.165, 1.54) is 17.5 Å². The fourth-order valence-corrected chi connectivity index (χ4v) is 3.13. The fraction of sp³-hybridized carbons (Fsp3) is 0.600. The van der Waals surface area contributed by atoms with Gasteiger partial charge in [0.2, 0.25) is 0 Å². The highest BCUT2D eigenvalue weighted by atomic mass is 16.5. The standard InChI is InChI=1S/C15H21NO2/c1-15(7-2-8-18-15)10-16-14-6-3-11-9-12(17)4-5-13(11)14/h4-5,9,14,16-17H,2-3,6-8,10H2,1H3. The van der Waals surface area contributed by atoms with Crippen LogP contribution in [0.5, 0.6) is 5.75 Å². The van der Waals surface area contributed by atoms with E-state index in [1.807, 2.05) is 12.1 Å². The zero-order chi connectivity index (χ0) is 12.6. The van der Waals surface area contributed by atoms with E-state index >= 15 is 0 Å². The molecule has 1 aromatic carbocycles. The van der Waals surface area contributed by atoms with Crippen LogP contribution in [0.4, 0.5) is 0 Å². The maximum Gasteiger partial charge on any atom is 0.115 e. The van der Waals surface area contributed by atoms with Crippen molar-refractivity contribution < 1.29 is 9.84 Å². The number of ether oxygens (including phenoxy) is 1. The van der Waals surface area contributed by atoms with E-state index in [1.54, 1.807) is 6.07 Å². The molecule has 2 unspecified atom stereocenters. The van der Waals surface area contributed by atoms with E-state index < -0.39 is 0 Å². The quantitative estimate of drug-likeness (QED) is 0.862. The van der Waals surface area contributed by atoms with Crippen LogP contribution in [0.1, 0.15) is 43.4 Å². The van der Waals surface area contributed by atoms with Crippen molar-refractivity contribution in [3.05, 3.63) is 29.3 Å². The highest BCUT2D eigenvalue weighted by Gasteiger charge is 2.31. The Bertz CT molecular complexity index is 438. The third kappa shape index (κ3) is 2.25. The van der Waals surface area contributed by atoms with Crippen molar-refractivity contribution in [3.8, 4) is 5.75 Å². The van der Waals surface area contributed by atoms with Crippen LogP contribution in [0.3, 0.4) is 0 Å². The summed E-state index contributed by atoms with van der Waals surface area (Å²) in [5.74, 6) is 0.375. The number of hydrogen-bond donors (Lipinski definition) is 2. The van der Waals surface area contributed by atoms with Gasteiger partial charge in [-0.2, -0.15) is 0 Å². The lowest BCUT2D eigenvalue weighted by Crippen LogP contribution is -2.38. The molecule has 1 heterocycles. The van der Waals surface area contributed by atoms with Gasteiger partial charge < -0.3 is 15.2 Å². The highest BCUT2D eigenvalue weighted by Crippen LogP contribution is 2.34. The molecule has 0 bridgehead atoms. The summed E-state index contributed by atoms with van der Waals surface area (Å²) in [6, 6.07) is 6.14. The molecular formula is C15H21NO2. The Hall–Kier alpha value is -1.06. The van der Waals surface area contributed by atoms with Crippen molar-refractivity contribution >= 4 is 0 Å². The van der Waals surface area contributed by atoms with Gasteiger partial charge in [-0.15, -0.1) is 0 Å². The van der Waals surface area contributed by atoms with Crippen molar-refractivity contribution in [1.29, 1.82) is 0 Å². The second kappa shape index (κ2) is 4.56. The minimum atomic E-state index is 0.0136. The second-order valence-electron chi connectivity index (χ2n) is 5.76. The minimum Gasteiger partial charge on any atom is -0.508 e. The first-order valence-corrected chi connectivity index (χ1v) is 6.85. The first kappa shape index (κ1) is 12.0. The molecule has 3 rings (SSSR count). The summed E-state index contributed by atoms with van der Waals surface area (Å²) in [5, 5.41) is 13.1. The van der Waals surface area contributed by atoms with Crippen LogP contribution >= 0.6 is 0 Å². The average molecular weight is 247 g/mol. The summed E-state index contributed by atoms with van der Waals surface area (Å²) in [4.78, 5) is 0. The first-order valence-electron chi connectivity index (χ1n) is 6.85. The summed E-state index contributed by atoms with van der Waals surface area (Å²) in [5.41, 5.74) is 2.64. The summed E-state index contributed by atoms with van der Waals surface area (Å²) >= 11 is 0. The molecule has 0 aromatic heterocycles. The van der Waals surface area contributed by atoms with Crippen LogP contribution in [-0.4, -0.2) is 23.9 Å². The van der Waals surface area contributed by atoms with Gasteiger partial charge in [-0.1, -0.05) is 6.07 Å². The lowest BCUT2D eigenvalue weighted by atomic mass is 10.0. The maximum atomic E-state index is 9.49. The zero-order valence-corrected chi connectivity index (χ0v) is 10.9. The van der Waals surface area contributed by atoms with Gasteiger partial charge in [-0.05, 0) is 55.9 Å². The van der Waals surface area contributed by atoms with E-state index in [0.717, 1.165) is 32.4 Å². The molecule has 0 saturated carbocycles. The Morgan fingerprint density at radius 1 is 1.50 bits per heavy atom. The molecular weight excluding hydrogens is 226 g/mol. The number of aromatic hydroxyl groups is 1. The van der Waals surface area contributed by atoms with Crippen molar-refractivity contribution in [3.63, 3.8) is 0 Å². The summed E-state index contributed by atoms with van der Waals surface area (Å²) < 4.78 is 5.80. The SMILES string of the molecule is CC1(CNC2CCc3cc(O)ccc32)CCCO1. The van der Waals surface area contributed by atoms with E-state index in [2.05, 4.69) is 12.2 Å². The van der Waals surface area contributed by atoms with Crippen LogP contribution in [0.15, 0.2) is 18.2 Å². The molecule has 0 amide bonds. The predicted octanol–water partition coefficient (Wildman–Crippen LogP) is 2.54. The second-order valence-corrected chi connectivity index (χ2v) is 5.76. The lowest BCUT2D eigenvalue weighted by molar-refractivity contribution is 0.0187. The van der Waals surface area contributed by atoms with Crippen LogP contribution in [0.2, 0.25) is 0 Å².